The molecule has 2 rings (SSSR count). The minimum Gasteiger partial charge on any atom is -0.396 e. The molecule has 0 amide bonds. The van der Waals surface area contributed by atoms with Crippen LogP contribution in [0.2, 0.25) is 0 Å². The van der Waals surface area contributed by atoms with Crippen LogP contribution in [-0.4, -0.2) is 21.7 Å². The molecule has 0 radical (unpaired) electrons. The van der Waals surface area contributed by atoms with Crippen molar-refractivity contribution in [2.45, 2.75) is 12.8 Å². The Kier molecular flexibility index (Phi) is 3.62. The molecule has 1 N–H and O–H groups in total. The smallest absolute Gasteiger partial charge is 0.159 e. The first-order valence-corrected chi connectivity index (χ1v) is 5.38. The van der Waals surface area contributed by atoms with Crippen molar-refractivity contribution >= 4 is 0 Å². The number of hydrogen-bond donors (Lipinski definition) is 1. The summed E-state index contributed by atoms with van der Waals surface area (Å²) in [5.74, 6) is 0.746. The van der Waals surface area contributed by atoms with Crippen LogP contribution in [0.3, 0.4) is 0 Å². The van der Waals surface area contributed by atoms with Gasteiger partial charge in [0.05, 0.1) is 0 Å². The van der Waals surface area contributed by atoms with Crippen molar-refractivity contribution in [2.24, 2.45) is 0 Å². The number of benzene rings is 1. The van der Waals surface area contributed by atoms with Gasteiger partial charge in [0.1, 0.15) is 0 Å². The Morgan fingerprint density at radius 3 is 2.62 bits per heavy atom. The maximum absolute atomic E-state index is 8.77. The van der Waals surface area contributed by atoms with E-state index in [2.05, 4.69) is 9.97 Å². The van der Waals surface area contributed by atoms with E-state index >= 15 is 0 Å². The van der Waals surface area contributed by atoms with Crippen LogP contribution in [0.15, 0.2) is 42.6 Å². The first-order chi connectivity index (χ1) is 7.90. The van der Waals surface area contributed by atoms with Gasteiger partial charge in [0.2, 0.25) is 0 Å². The van der Waals surface area contributed by atoms with Crippen molar-refractivity contribution in [1.29, 1.82) is 0 Å². The van der Waals surface area contributed by atoms with Gasteiger partial charge in [0.15, 0.2) is 5.82 Å². The molecule has 16 heavy (non-hydrogen) atoms. The molecule has 1 aromatic carbocycles. The number of rotatable bonds is 4. The molecular formula is C13H14N2O. The van der Waals surface area contributed by atoms with Crippen LogP contribution in [0.5, 0.6) is 0 Å². The third-order valence-corrected chi connectivity index (χ3v) is 2.34. The van der Waals surface area contributed by atoms with Crippen LogP contribution < -0.4 is 0 Å². The van der Waals surface area contributed by atoms with Gasteiger partial charge in [0.25, 0.3) is 0 Å². The van der Waals surface area contributed by atoms with Gasteiger partial charge in [-0.15, -0.1) is 0 Å². The summed E-state index contributed by atoms with van der Waals surface area (Å²) >= 11 is 0. The van der Waals surface area contributed by atoms with Gasteiger partial charge < -0.3 is 5.11 Å². The van der Waals surface area contributed by atoms with E-state index in [-0.39, 0.29) is 6.61 Å². The Morgan fingerprint density at radius 1 is 1.06 bits per heavy atom. The van der Waals surface area contributed by atoms with Crippen LogP contribution >= 0.6 is 0 Å². The molecule has 1 heterocycles. The Balaban J connectivity index is 2.22. The van der Waals surface area contributed by atoms with E-state index in [1.807, 2.05) is 36.4 Å². The third-order valence-electron chi connectivity index (χ3n) is 2.34. The summed E-state index contributed by atoms with van der Waals surface area (Å²) in [6.45, 7) is 0.199. The molecule has 3 nitrogen and oxygen atoms in total. The van der Waals surface area contributed by atoms with Gasteiger partial charge >= 0.3 is 0 Å². The Hall–Kier alpha value is -1.74. The minimum atomic E-state index is 0.199. The van der Waals surface area contributed by atoms with E-state index in [1.54, 1.807) is 6.20 Å². The van der Waals surface area contributed by atoms with E-state index in [1.165, 1.54) is 0 Å². The van der Waals surface area contributed by atoms with Crippen molar-refractivity contribution in [3.05, 3.63) is 48.3 Å². The average molecular weight is 214 g/mol. The molecule has 0 aliphatic rings. The van der Waals surface area contributed by atoms with Crippen LogP contribution in [0.4, 0.5) is 0 Å². The second-order valence-electron chi connectivity index (χ2n) is 3.56. The quantitative estimate of drug-likeness (QED) is 0.847. The Morgan fingerprint density at radius 2 is 1.88 bits per heavy atom. The number of aromatic nitrogens is 2. The highest BCUT2D eigenvalue weighted by atomic mass is 16.2. The predicted molar refractivity (Wildman–Crippen MR) is 62.9 cm³/mol. The monoisotopic (exact) mass is 214 g/mol. The number of nitrogens with zero attached hydrogens (tertiary/aromatic N) is 2. The highest BCUT2D eigenvalue weighted by Crippen LogP contribution is 2.13. The van der Waals surface area contributed by atoms with Gasteiger partial charge in [-0.25, -0.2) is 9.97 Å². The predicted octanol–water partition coefficient (Wildman–Crippen LogP) is 2.07. The van der Waals surface area contributed by atoms with Crippen LogP contribution in [0.25, 0.3) is 11.4 Å². The van der Waals surface area contributed by atoms with Crippen molar-refractivity contribution < 1.29 is 5.11 Å². The average Bonchev–Trinajstić information content (AvgIpc) is 2.38. The van der Waals surface area contributed by atoms with Crippen LogP contribution in [-0.2, 0) is 6.42 Å². The van der Waals surface area contributed by atoms with Crippen molar-refractivity contribution in [3.8, 4) is 11.4 Å². The van der Waals surface area contributed by atoms with E-state index in [4.69, 9.17) is 5.11 Å². The molecule has 0 unspecified atom stereocenters. The van der Waals surface area contributed by atoms with Gasteiger partial charge in [-0.05, 0) is 18.9 Å². The van der Waals surface area contributed by atoms with Gasteiger partial charge in [-0.1, -0.05) is 30.3 Å². The van der Waals surface area contributed by atoms with Gasteiger partial charge in [-0.2, -0.15) is 0 Å². The zero-order chi connectivity index (χ0) is 11.2. The maximum atomic E-state index is 8.77. The first kappa shape index (κ1) is 10.8. The number of aryl methyl sites for hydroxylation is 1. The Bertz CT molecular complexity index is 443. The zero-order valence-electron chi connectivity index (χ0n) is 9.00. The van der Waals surface area contributed by atoms with Crippen molar-refractivity contribution in [1.82, 2.24) is 9.97 Å². The highest BCUT2D eigenvalue weighted by Gasteiger charge is 2.01. The lowest BCUT2D eigenvalue weighted by molar-refractivity contribution is 0.288. The minimum absolute atomic E-state index is 0.199. The number of aliphatic hydroxyl groups is 1. The third kappa shape index (κ3) is 2.64. The Labute approximate surface area is 94.8 Å². The lowest BCUT2D eigenvalue weighted by atomic mass is 10.2. The summed E-state index contributed by atoms with van der Waals surface area (Å²) in [6.07, 6.45) is 3.30. The molecule has 3 heteroatoms. The first-order valence-electron chi connectivity index (χ1n) is 5.38. The van der Waals surface area contributed by atoms with E-state index in [0.717, 1.165) is 29.9 Å². The summed E-state index contributed by atoms with van der Waals surface area (Å²) in [6, 6.07) is 11.8. The maximum Gasteiger partial charge on any atom is 0.159 e. The largest absolute Gasteiger partial charge is 0.396 e. The SMILES string of the molecule is OCCCc1ccnc(-c2ccccc2)n1. The fourth-order valence-corrected chi connectivity index (χ4v) is 1.52. The highest BCUT2D eigenvalue weighted by molar-refractivity contribution is 5.54. The molecule has 0 saturated carbocycles. The fraction of sp³-hybridized carbons (Fsp3) is 0.231. The van der Waals surface area contributed by atoms with Crippen molar-refractivity contribution in [3.63, 3.8) is 0 Å². The molecule has 0 spiro atoms. The molecule has 2 aromatic rings. The van der Waals surface area contributed by atoms with Crippen molar-refractivity contribution in [2.75, 3.05) is 6.61 Å². The van der Waals surface area contributed by atoms with E-state index in [9.17, 15) is 0 Å². The molecule has 0 atom stereocenters. The number of hydrogen-bond acceptors (Lipinski definition) is 3. The van der Waals surface area contributed by atoms with Crippen LogP contribution in [0, 0.1) is 0 Å². The number of aliphatic hydroxyl groups excluding tert-OH is 1. The molecule has 0 fully saturated rings. The lowest BCUT2D eigenvalue weighted by Crippen LogP contribution is -1.96. The molecule has 82 valence electrons. The van der Waals surface area contributed by atoms with E-state index in [0.29, 0.717) is 0 Å². The fourth-order valence-electron chi connectivity index (χ4n) is 1.52. The zero-order valence-corrected chi connectivity index (χ0v) is 9.00. The topological polar surface area (TPSA) is 46.0 Å². The molecule has 0 aliphatic carbocycles. The lowest BCUT2D eigenvalue weighted by Gasteiger charge is -2.02. The molecule has 0 aliphatic heterocycles. The summed E-state index contributed by atoms with van der Waals surface area (Å²) in [5.41, 5.74) is 2.00. The van der Waals surface area contributed by atoms with E-state index < -0.39 is 0 Å². The molecular weight excluding hydrogens is 200 g/mol. The summed E-state index contributed by atoms with van der Waals surface area (Å²) in [5, 5.41) is 8.77. The summed E-state index contributed by atoms with van der Waals surface area (Å²) in [4.78, 5) is 8.70. The normalized spacial score (nSPS) is 10.3. The second kappa shape index (κ2) is 5.37. The second-order valence-corrected chi connectivity index (χ2v) is 3.56. The van der Waals surface area contributed by atoms with Gasteiger partial charge in [-0.3, -0.25) is 0 Å². The standard InChI is InChI=1S/C13H14N2O/c16-10-4-7-12-8-9-14-13(15-12)11-5-2-1-3-6-11/h1-3,5-6,8-9,16H,4,7,10H2. The molecule has 1 aromatic heterocycles. The summed E-state index contributed by atoms with van der Waals surface area (Å²) < 4.78 is 0. The molecule has 0 bridgehead atoms. The summed E-state index contributed by atoms with van der Waals surface area (Å²) in [7, 11) is 0. The van der Waals surface area contributed by atoms with Gasteiger partial charge in [0, 0.05) is 24.1 Å². The molecule has 0 saturated heterocycles. The van der Waals surface area contributed by atoms with Crippen LogP contribution in [0.1, 0.15) is 12.1 Å².